The van der Waals surface area contributed by atoms with Crippen molar-refractivity contribution in [2.45, 2.75) is 13.3 Å². The molecule has 0 spiro atoms. The Balaban J connectivity index is 2.16. The number of halogens is 3. The van der Waals surface area contributed by atoms with Crippen molar-refractivity contribution in [1.29, 1.82) is 0 Å². The van der Waals surface area contributed by atoms with Crippen molar-refractivity contribution in [2.24, 2.45) is 4.99 Å². The number of nitrogens with zero attached hydrogens (tertiary/aromatic N) is 1. The third-order valence-corrected chi connectivity index (χ3v) is 2.14. The van der Waals surface area contributed by atoms with E-state index < -0.39 is 12.3 Å². The van der Waals surface area contributed by atoms with E-state index in [0.29, 0.717) is 5.56 Å². The molecule has 0 fully saturated rings. The molecule has 0 aromatic heterocycles. The van der Waals surface area contributed by atoms with Crippen molar-refractivity contribution in [1.82, 2.24) is 0 Å². The molecular formula is C12H8F3NO3. The SMILES string of the molecule is CC1=NC(=Cc2ccc(OC(F)(F)F)cc2)C(=O)O1. The first-order valence-corrected chi connectivity index (χ1v) is 5.18. The lowest BCUT2D eigenvalue weighted by atomic mass is 10.2. The van der Waals surface area contributed by atoms with Gasteiger partial charge in [0, 0.05) is 6.92 Å². The quantitative estimate of drug-likeness (QED) is 0.613. The standard InChI is InChI=1S/C12H8F3NO3/c1-7-16-10(11(17)18-7)6-8-2-4-9(5-3-8)19-12(13,14)15/h2-6H,1H3. The second-order valence-electron chi connectivity index (χ2n) is 3.67. The largest absolute Gasteiger partial charge is 0.573 e. The highest BCUT2D eigenvalue weighted by Crippen LogP contribution is 2.23. The summed E-state index contributed by atoms with van der Waals surface area (Å²) >= 11 is 0. The van der Waals surface area contributed by atoms with Crippen LogP contribution in [0.4, 0.5) is 13.2 Å². The normalized spacial score (nSPS) is 17.4. The molecule has 0 saturated carbocycles. The van der Waals surface area contributed by atoms with Crippen LogP contribution in [-0.2, 0) is 9.53 Å². The number of alkyl halides is 3. The van der Waals surface area contributed by atoms with Crippen LogP contribution in [0.25, 0.3) is 6.08 Å². The van der Waals surface area contributed by atoms with Gasteiger partial charge in [0.2, 0.25) is 0 Å². The molecule has 0 bridgehead atoms. The van der Waals surface area contributed by atoms with Crippen LogP contribution in [0.1, 0.15) is 12.5 Å². The van der Waals surface area contributed by atoms with Gasteiger partial charge in [0.1, 0.15) is 5.75 Å². The topological polar surface area (TPSA) is 47.9 Å². The Morgan fingerprint density at radius 3 is 2.37 bits per heavy atom. The first kappa shape index (κ1) is 13.1. The number of ether oxygens (including phenoxy) is 2. The predicted octanol–water partition coefficient (Wildman–Crippen LogP) is 2.90. The van der Waals surface area contributed by atoms with Crippen LogP contribution in [0.2, 0.25) is 0 Å². The zero-order valence-corrected chi connectivity index (χ0v) is 9.69. The number of esters is 1. The minimum absolute atomic E-state index is 0.0991. The van der Waals surface area contributed by atoms with E-state index in [0.717, 1.165) is 12.1 Å². The molecule has 4 nitrogen and oxygen atoms in total. The van der Waals surface area contributed by atoms with E-state index >= 15 is 0 Å². The summed E-state index contributed by atoms with van der Waals surface area (Å²) in [5.74, 6) is -0.690. The summed E-state index contributed by atoms with van der Waals surface area (Å²) in [4.78, 5) is 15.1. The van der Waals surface area contributed by atoms with Gasteiger partial charge in [-0.1, -0.05) is 12.1 Å². The number of cyclic esters (lactones) is 1. The molecule has 0 aliphatic carbocycles. The lowest BCUT2D eigenvalue weighted by Gasteiger charge is -2.08. The van der Waals surface area contributed by atoms with Crippen LogP contribution >= 0.6 is 0 Å². The third-order valence-electron chi connectivity index (χ3n) is 2.14. The molecule has 2 rings (SSSR count). The van der Waals surface area contributed by atoms with Crippen molar-refractivity contribution in [2.75, 3.05) is 0 Å². The van der Waals surface area contributed by atoms with Gasteiger partial charge in [-0.15, -0.1) is 13.2 Å². The van der Waals surface area contributed by atoms with Gasteiger partial charge in [-0.2, -0.15) is 0 Å². The van der Waals surface area contributed by atoms with Gasteiger partial charge in [0.25, 0.3) is 0 Å². The fraction of sp³-hybridized carbons (Fsp3) is 0.167. The summed E-state index contributed by atoms with van der Waals surface area (Å²) in [6.07, 6.45) is -3.31. The van der Waals surface area contributed by atoms with Crippen molar-refractivity contribution in [3.63, 3.8) is 0 Å². The average molecular weight is 271 g/mol. The van der Waals surface area contributed by atoms with Crippen LogP contribution in [0, 0.1) is 0 Å². The summed E-state index contributed by atoms with van der Waals surface area (Å²) in [5.41, 5.74) is 0.613. The lowest BCUT2D eigenvalue weighted by molar-refractivity contribution is -0.274. The lowest BCUT2D eigenvalue weighted by Crippen LogP contribution is -2.16. The van der Waals surface area contributed by atoms with Crippen molar-refractivity contribution in [3.05, 3.63) is 35.5 Å². The molecule has 0 saturated heterocycles. The molecule has 0 amide bonds. The summed E-state index contributed by atoms with van der Waals surface area (Å²) in [7, 11) is 0. The molecule has 7 heteroatoms. The Hall–Kier alpha value is -2.31. The number of aliphatic imine (C=N–C) groups is 1. The average Bonchev–Trinajstić information content (AvgIpc) is 2.58. The number of carbonyl (C=O) groups is 1. The highest BCUT2D eigenvalue weighted by Gasteiger charge is 2.30. The van der Waals surface area contributed by atoms with Gasteiger partial charge in [-0.3, -0.25) is 0 Å². The number of benzene rings is 1. The molecule has 1 aromatic rings. The molecule has 1 aliphatic heterocycles. The van der Waals surface area contributed by atoms with Crippen LogP contribution in [0.3, 0.4) is 0 Å². The second-order valence-corrected chi connectivity index (χ2v) is 3.67. The fourth-order valence-electron chi connectivity index (χ4n) is 1.44. The number of carbonyl (C=O) groups excluding carboxylic acids is 1. The third kappa shape index (κ3) is 3.57. The molecule has 0 N–H and O–H groups in total. The maximum absolute atomic E-state index is 12.0. The summed E-state index contributed by atoms with van der Waals surface area (Å²) in [5, 5.41) is 0. The van der Waals surface area contributed by atoms with Crippen molar-refractivity contribution in [3.8, 4) is 5.75 Å². The van der Waals surface area contributed by atoms with E-state index in [1.807, 2.05) is 0 Å². The second kappa shape index (κ2) is 4.75. The highest BCUT2D eigenvalue weighted by atomic mass is 19.4. The molecule has 0 unspecified atom stereocenters. The molecule has 1 heterocycles. The van der Waals surface area contributed by atoms with Crippen molar-refractivity contribution < 1.29 is 27.4 Å². The first-order chi connectivity index (χ1) is 8.83. The van der Waals surface area contributed by atoms with Crippen LogP contribution in [0.5, 0.6) is 5.75 Å². The molecule has 1 aromatic carbocycles. The fourth-order valence-corrected chi connectivity index (χ4v) is 1.44. The van der Waals surface area contributed by atoms with Gasteiger partial charge in [0.05, 0.1) is 0 Å². The molecule has 0 radical (unpaired) electrons. The maximum Gasteiger partial charge on any atom is 0.573 e. The monoisotopic (exact) mass is 271 g/mol. The Morgan fingerprint density at radius 2 is 1.89 bits per heavy atom. The van der Waals surface area contributed by atoms with Crippen LogP contribution in [0.15, 0.2) is 35.0 Å². The summed E-state index contributed by atoms with van der Waals surface area (Å²) in [6, 6.07) is 5.06. The van der Waals surface area contributed by atoms with E-state index in [9.17, 15) is 18.0 Å². The van der Waals surface area contributed by atoms with Crippen molar-refractivity contribution >= 4 is 17.9 Å². The van der Waals surface area contributed by atoms with E-state index in [1.54, 1.807) is 0 Å². The zero-order valence-electron chi connectivity index (χ0n) is 9.69. The number of hydrogen-bond acceptors (Lipinski definition) is 4. The zero-order chi connectivity index (χ0) is 14.0. The Labute approximate surface area is 106 Å². The van der Waals surface area contributed by atoms with Gasteiger partial charge in [-0.25, -0.2) is 9.79 Å². The first-order valence-electron chi connectivity index (χ1n) is 5.18. The number of hydrogen-bond donors (Lipinski definition) is 0. The van der Waals surface area contributed by atoms with E-state index in [-0.39, 0.29) is 17.3 Å². The molecular weight excluding hydrogens is 263 g/mol. The molecule has 1 aliphatic rings. The smallest absolute Gasteiger partial charge is 0.407 e. The summed E-state index contributed by atoms with van der Waals surface area (Å²) < 4.78 is 44.3. The molecule has 0 atom stereocenters. The minimum atomic E-state index is -4.73. The Kier molecular flexibility index (Phi) is 3.28. The van der Waals surface area contributed by atoms with Gasteiger partial charge in [0.15, 0.2) is 11.6 Å². The highest BCUT2D eigenvalue weighted by molar-refractivity contribution is 6.06. The maximum atomic E-state index is 12.0. The van der Waals surface area contributed by atoms with Gasteiger partial charge in [-0.05, 0) is 23.8 Å². The van der Waals surface area contributed by atoms with E-state index in [2.05, 4.69) is 9.73 Å². The Bertz CT molecular complexity index is 559. The number of rotatable bonds is 2. The molecule has 100 valence electrons. The van der Waals surface area contributed by atoms with E-state index in [4.69, 9.17) is 4.74 Å². The predicted molar refractivity (Wildman–Crippen MR) is 60.3 cm³/mol. The Morgan fingerprint density at radius 1 is 1.26 bits per heavy atom. The van der Waals surface area contributed by atoms with Crippen LogP contribution < -0.4 is 4.74 Å². The van der Waals surface area contributed by atoms with Crippen LogP contribution in [-0.4, -0.2) is 18.2 Å². The van der Waals surface area contributed by atoms with E-state index in [1.165, 1.54) is 25.1 Å². The summed E-state index contributed by atoms with van der Waals surface area (Å²) in [6.45, 7) is 1.53. The minimum Gasteiger partial charge on any atom is -0.407 e. The van der Waals surface area contributed by atoms with Gasteiger partial charge < -0.3 is 9.47 Å². The molecule has 19 heavy (non-hydrogen) atoms. The van der Waals surface area contributed by atoms with Gasteiger partial charge >= 0.3 is 12.3 Å².